The molecule has 2 unspecified atom stereocenters. The Bertz CT molecular complexity index is 197. The first-order valence-electron chi connectivity index (χ1n) is 5.69. The van der Waals surface area contributed by atoms with Gasteiger partial charge in [0.2, 0.25) is 0 Å². The number of hydrogen-bond acceptors (Lipinski definition) is 4. The Kier molecular flexibility index (Phi) is 4.52. The van der Waals surface area contributed by atoms with Crippen LogP contribution in [0.5, 0.6) is 0 Å². The van der Waals surface area contributed by atoms with E-state index >= 15 is 0 Å². The molecule has 1 fully saturated rings. The number of rotatable bonds is 4. The third-order valence-electron chi connectivity index (χ3n) is 2.63. The lowest BCUT2D eigenvalue weighted by molar-refractivity contribution is -0.129. The summed E-state index contributed by atoms with van der Waals surface area (Å²) in [5.41, 5.74) is 5.82. The van der Waals surface area contributed by atoms with E-state index in [1.54, 1.807) is 0 Å². The van der Waals surface area contributed by atoms with Crippen LogP contribution in [0.15, 0.2) is 0 Å². The quantitative estimate of drug-likeness (QED) is 0.704. The Morgan fingerprint density at radius 3 is 2.80 bits per heavy atom. The van der Waals surface area contributed by atoms with E-state index in [1.165, 1.54) is 0 Å². The summed E-state index contributed by atoms with van der Waals surface area (Å²) in [6.45, 7) is 9.16. The topological polar surface area (TPSA) is 58.7 Å². The molecule has 1 heterocycles. The molecule has 0 saturated carbocycles. The van der Waals surface area contributed by atoms with E-state index in [9.17, 15) is 0 Å². The predicted molar refractivity (Wildman–Crippen MR) is 60.7 cm³/mol. The van der Waals surface area contributed by atoms with Crippen molar-refractivity contribution in [1.82, 2.24) is 4.90 Å². The highest BCUT2D eigenvalue weighted by atomic mass is 16.5. The van der Waals surface area contributed by atoms with E-state index in [2.05, 4.69) is 25.7 Å². The summed E-state index contributed by atoms with van der Waals surface area (Å²) in [6, 6.07) is 0.0658. The van der Waals surface area contributed by atoms with Crippen molar-refractivity contribution in [3.63, 3.8) is 0 Å². The maximum atomic E-state index is 8.80. The van der Waals surface area contributed by atoms with E-state index in [1.807, 2.05) is 0 Å². The van der Waals surface area contributed by atoms with Gasteiger partial charge < -0.3 is 15.6 Å². The zero-order chi connectivity index (χ0) is 11.5. The standard InChI is InChI=1S/C11H24N2O2/c1-9-6-13(7-10(12)4-5-14)8-11(2,3)15-9/h9-10,14H,4-8,12H2,1-3H3. The summed E-state index contributed by atoms with van der Waals surface area (Å²) >= 11 is 0. The maximum Gasteiger partial charge on any atom is 0.0757 e. The van der Waals surface area contributed by atoms with Crippen molar-refractivity contribution >= 4 is 0 Å². The van der Waals surface area contributed by atoms with Gasteiger partial charge in [-0.25, -0.2) is 0 Å². The van der Waals surface area contributed by atoms with E-state index in [4.69, 9.17) is 15.6 Å². The molecule has 0 spiro atoms. The van der Waals surface area contributed by atoms with Crippen LogP contribution in [-0.4, -0.2) is 54.0 Å². The molecule has 0 aromatic heterocycles. The minimum absolute atomic E-state index is 0.0658. The van der Waals surface area contributed by atoms with E-state index < -0.39 is 0 Å². The molecule has 0 amide bonds. The SMILES string of the molecule is CC1CN(CC(N)CCO)CC(C)(C)O1. The van der Waals surface area contributed by atoms with Gasteiger partial charge in [0.1, 0.15) is 0 Å². The number of nitrogens with two attached hydrogens (primary N) is 1. The molecule has 4 heteroatoms. The van der Waals surface area contributed by atoms with Crippen LogP contribution in [0.1, 0.15) is 27.2 Å². The highest BCUT2D eigenvalue weighted by Crippen LogP contribution is 2.20. The normalized spacial score (nSPS) is 29.0. The van der Waals surface area contributed by atoms with Gasteiger partial charge in [-0.2, -0.15) is 0 Å². The van der Waals surface area contributed by atoms with Crippen molar-refractivity contribution in [2.24, 2.45) is 5.73 Å². The molecule has 0 bridgehead atoms. The molecular formula is C11H24N2O2. The third kappa shape index (κ3) is 4.47. The molecular weight excluding hydrogens is 192 g/mol. The second-order valence-corrected chi connectivity index (χ2v) is 5.15. The van der Waals surface area contributed by atoms with E-state index in [-0.39, 0.29) is 24.4 Å². The fourth-order valence-corrected chi connectivity index (χ4v) is 2.31. The maximum absolute atomic E-state index is 8.80. The first kappa shape index (κ1) is 12.9. The second-order valence-electron chi connectivity index (χ2n) is 5.15. The molecule has 0 aromatic carbocycles. The van der Waals surface area contributed by atoms with Gasteiger partial charge in [-0.05, 0) is 27.2 Å². The van der Waals surface area contributed by atoms with Crippen LogP contribution in [0.2, 0.25) is 0 Å². The minimum Gasteiger partial charge on any atom is -0.396 e. The Hall–Kier alpha value is -0.160. The molecule has 2 atom stereocenters. The smallest absolute Gasteiger partial charge is 0.0757 e. The first-order valence-corrected chi connectivity index (χ1v) is 5.69. The Morgan fingerprint density at radius 2 is 2.27 bits per heavy atom. The lowest BCUT2D eigenvalue weighted by atomic mass is 10.0. The van der Waals surface area contributed by atoms with Crippen LogP contribution in [0.25, 0.3) is 0 Å². The van der Waals surface area contributed by atoms with Crippen LogP contribution in [0.4, 0.5) is 0 Å². The highest BCUT2D eigenvalue weighted by molar-refractivity contribution is 4.84. The molecule has 15 heavy (non-hydrogen) atoms. The van der Waals surface area contributed by atoms with Crippen molar-refractivity contribution in [3.05, 3.63) is 0 Å². The molecule has 1 aliphatic rings. The first-order chi connectivity index (χ1) is 6.93. The number of aliphatic hydroxyl groups excluding tert-OH is 1. The van der Waals surface area contributed by atoms with Crippen molar-refractivity contribution < 1.29 is 9.84 Å². The van der Waals surface area contributed by atoms with Gasteiger partial charge in [-0.15, -0.1) is 0 Å². The summed E-state index contributed by atoms with van der Waals surface area (Å²) in [5.74, 6) is 0. The van der Waals surface area contributed by atoms with Gasteiger partial charge in [-0.3, -0.25) is 4.90 Å². The summed E-state index contributed by atoms with van der Waals surface area (Å²) in [5, 5.41) is 8.80. The molecule has 1 rings (SSSR count). The average Bonchev–Trinajstić information content (AvgIpc) is 1.99. The molecule has 0 aliphatic carbocycles. The second kappa shape index (κ2) is 5.25. The zero-order valence-corrected chi connectivity index (χ0v) is 10.1. The van der Waals surface area contributed by atoms with Gasteiger partial charge in [0.15, 0.2) is 0 Å². The number of morpholine rings is 1. The molecule has 1 aliphatic heterocycles. The summed E-state index contributed by atoms with van der Waals surface area (Å²) < 4.78 is 5.81. The average molecular weight is 216 g/mol. The Morgan fingerprint density at radius 1 is 1.60 bits per heavy atom. The lowest BCUT2D eigenvalue weighted by Gasteiger charge is -2.42. The van der Waals surface area contributed by atoms with Crippen molar-refractivity contribution in [2.45, 2.75) is 44.9 Å². The van der Waals surface area contributed by atoms with Crippen molar-refractivity contribution in [1.29, 1.82) is 0 Å². The van der Waals surface area contributed by atoms with Gasteiger partial charge >= 0.3 is 0 Å². The Balaban J connectivity index is 2.41. The van der Waals surface area contributed by atoms with Crippen LogP contribution in [-0.2, 0) is 4.74 Å². The monoisotopic (exact) mass is 216 g/mol. The van der Waals surface area contributed by atoms with E-state index in [0.717, 1.165) is 19.6 Å². The van der Waals surface area contributed by atoms with Gasteiger partial charge in [0.05, 0.1) is 11.7 Å². The van der Waals surface area contributed by atoms with Crippen LogP contribution >= 0.6 is 0 Å². The van der Waals surface area contributed by atoms with E-state index in [0.29, 0.717) is 6.42 Å². The molecule has 1 saturated heterocycles. The zero-order valence-electron chi connectivity index (χ0n) is 10.1. The minimum atomic E-state index is -0.0867. The predicted octanol–water partition coefficient (Wildman–Crippen LogP) is 0.195. The van der Waals surface area contributed by atoms with Crippen molar-refractivity contribution in [2.75, 3.05) is 26.2 Å². The number of hydrogen-bond donors (Lipinski definition) is 2. The van der Waals surface area contributed by atoms with Gasteiger partial charge in [0, 0.05) is 32.3 Å². The lowest BCUT2D eigenvalue weighted by Crippen LogP contribution is -2.54. The highest BCUT2D eigenvalue weighted by Gasteiger charge is 2.31. The Labute approximate surface area is 92.4 Å². The fraction of sp³-hybridized carbons (Fsp3) is 1.00. The molecule has 90 valence electrons. The van der Waals surface area contributed by atoms with Crippen LogP contribution in [0, 0.1) is 0 Å². The number of aliphatic hydroxyl groups is 1. The largest absolute Gasteiger partial charge is 0.396 e. The number of ether oxygens (including phenoxy) is 1. The summed E-state index contributed by atoms with van der Waals surface area (Å²) in [4.78, 5) is 2.33. The van der Waals surface area contributed by atoms with Gasteiger partial charge in [-0.1, -0.05) is 0 Å². The summed E-state index contributed by atoms with van der Waals surface area (Å²) in [6.07, 6.45) is 0.932. The summed E-state index contributed by atoms with van der Waals surface area (Å²) in [7, 11) is 0. The van der Waals surface area contributed by atoms with Crippen molar-refractivity contribution in [3.8, 4) is 0 Å². The molecule has 0 radical (unpaired) electrons. The van der Waals surface area contributed by atoms with Crippen LogP contribution < -0.4 is 5.73 Å². The van der Waals surface area contributed by atoms with Gasteiger partial charge in [0.25, 0.3) is 0 Å². The number of nitrogens with zero attached hydrogens (tertiary/aromatic N) is 1. The fourth-order valence-electron chi connectivity index (χ4n) is 2.31. The molecule has 3 N–H and O–H groups in total. The third-order valence-corrected chi connectivity index (χ3v) is 2.63. The van der Waals surface area contributed by atoms with Crippen LogP contribution in [0.3, 0.4) is 0 Å². The molecule has 0 aromatic rings. The molecule has 4 nitrogen and oxygen atoms in total.